The quantitative estimate of drug-likeness (QED) is 0.707. The van der Waals surface area contributed by atoms with E-state index < -0.39 is 0 Å². The number of carbonyl (C=O) groups excluding carboxylic acids is 1. The van der Waals surface area contributed by atoms with Gasteiger partial charge in [0.1, 0.15) is 0 Å². The summed E-state index contributed by atoms with van der Waals surface area (Å²) in [6, 6.07) is 7.64. The zero-order chi connectivity index (χ0) is 14.1. The molecule has 1 rings (SSSR count). The Kier molecular flexibility index (Phi) is 7.19. The van der Waals surface area contributed by atoms with Crippen LogP contribution in [-0.4, -0.2) is 25.5 Å². The Balaban J connectivity index is 2.19. The summed E-state index contributed by atoms with van der Waals surface area (Å²) in [5, 5.41) is 6.32. The number of carbonyl (C=O) groups is 1. The molecule has 0 heterocycles. The van der Waals surface area contributed by atoms with Crippen molar-refractivity contribution in [1.82, 2.24) is 10.6 Å². The SMILES string of the molecule is CCC(CC)CNCCNC(=O)c1ccc(C)cc1. The molecule has 0 atom stereocenters. The van der Waals surface area contributed by atoms with Gasteiger partial charge in [-0.3, -0.25) is 4.79 Å². The molecule has 0 unspecified atom stereocenters. The molecule has 0 radical (unpaired) electrons. The second-order valence-corrected chi connectivity index (χ2v) is 5.01. The first-order chi connectivity index (χ1) is 9.17. The van der Waals surface area contributed by atoms with Gasteiger partial charge in [0.2, 0.25) is 0 Å². The van der Waals surface area contributed by atoms with E-state index in [-0.39, 0.29) is 5.91 Å². The first kappa shape index (κ1) is 15.7. The van der Waals surface area contributed by atoms with E-state index in [2.05, 4.69) is 24.5 Å². The lowest BCUT2D eigenvalue weighted by Gasteiger charge is -2.13. The van der Waals surface area contributed by atoms with Crippen LogP contribution >= 0.6 is 0 Å². The maximum atomic E-state index is 11.8. The molecule has 0 saturated carbocycles. The third-order valence-corrected chi connectivity index (χ3v) is 3.49. The highest BCUT2D eigenvalue weighted by molar-refractivity contribution is 5.94. The van der Waals surface area contributed by atoms with Crippen molar-refractivity contribution in [2.24, 2.45) is 5.92 Å². The second kappa shape index (κ2) is 8.70. The summed E-state index contributed by atoms with van der Waals surface area (Å²) >= 11 is 0. The Hall–Kier alpha value is -1.35. The molecule has 1 aromatic carbocycles. The maximum Gasteiger partial charge on any atom is 0.251 e. The minimum absolute atomic E-state index is 0.00401. The van der Waals surface area contributed by atoms with Gasteiger partial charge in [0.15, 0.2) is 0 Å². The molecule has 1 amide bonds. The Morgan fingerprint density at radius 1 is 1.11 bits per heavy atom. The largest absolute Gasteiger partial charge is 0.351 e. The van der Waals surface area contributed by atoms with Gasteiger partial charge in [-0.1, -0.05) is 44.4 Å². The first-order valence-corrected chi connectivity index (χ1v) is 7.23. The number of nitrogens with one attached hydrogen (secondary N) is 2. The summed E-state index contributed by atoms with van der Waals surface area (Å²) in [6.07, 6.45) is 2.42. The highest BCUT2D eigenvalue weighted by Crippen LogP contribution is 2.04. The van der Waals surface area contributed by atoms with Crippen LogP contribution in [0.4, 0.5) is 0 Å². The highest BCUT2D eigenvalue weighted by Gasteiger charge is 2.04. The van der Waals surface area contributed by atoms with Gasteiger partial charge < -0.3 is 10.6 Å². The van der Waals surface area contributed by atoms with E-state index in [1.165, 1.54) is 18.4 Å². The van der Waals surface area contributed by atoms with Crippen LogP contribution in [0.15, 0.2) is 24.3 Å². The lowest BCUT2D eigenvalue weighted by molar-refractivity contribution is 0.0954. The summed E-state index contributed by atoms with van der Waals surface area (Å²) in [7, 11) is 0. The fraction of sp³-hybridized carbons (Fsp3) is 0.562. The minimum Gasteiger partial charge on any atom is -0.351 e. The molecule has 0 fully saturated rings. The predicted octanol–water partition coefficient (Wildman–Crippen LogP) is 2.75. The average Bonchev–Trinajstić information content (AvgIpc) is 2.43. The van der Waals surface area contributed by atoms with Crippen LogP contribution in [0.3, 0.4) is 0 Å². The molecule has 3 nitrogen and oxygen atoms in total. The highest BCUT2D eigenvalue weighted by atomic mass is 16.1. The molecule has 106 valence electrons. The lowest BCUT2D eigenvalue weighted by atomic mass is 10.0. The molecule has 0 aliphatic carbocycles. The van der Waals surface area contributed by atoms with Crippen molar-refractivity contribution in [3.05, 3.63) is 35.4 Å². The van der Waals surface area contributed by atoms with E-state index >= 15 is 0 Å². The normalized spacial score (nSPS) is 10.7. The lowest BCUT2D eigenvalue weighted by Crippen LogP contribution is -2.33. The van der Waals surface area contributed by atoms with E-state index in [0.29, 0.717) is 6.54 Å². The summed E-state index contributed by atoms with van der Waals surface area (Å²) in [5.74, 6) is 0.747. The van der Waals surface area contributed by atoms with Crippen molar-refractivity contribution in [3.8, 4) is 0 Å². The van der Waals surface area contributed by atoms with Gasteiger partial charge in [-0.2, -0.15) is 0 Å². The predicted molar refractivity (Wildman–Crippen MR) is 80.5 cm³/mol. The van der Waals surface area contributed by atoms with E-state index in [1.807, 2.05) is 31.2 Å². The minimum atomic E-state index is 0.00401. The van der Waals surface area contributed by atoms with Crippen LogP contribution in [0.25, 0.3) is 0 Å². The molecular weight excluding hydrogens is 236 g/mol. The van der Waals surface area contributed by atoms with Crippen molar-refractivity contribution in [3.63, 3.8) is 0 Å². The molecule has 2 N–H and O–H groups in total. The van der Waals surface area contributed by atoms with Crippen molar-refractivity contribution in [2.75, 3.05) is 19.6 Å². The van der Waals surface area contributed by atoms with Gasteiger partial charge in [0, 0.05) is 18.7 Å². The zero-order valence-electron chi connectivity index (χ0n) is 12.3. The van der Waals surface area contributed by atoms with Crippen molar-refractivity contribution < 1.29 is 4.79 Å². The molecule has 0 bridgehead atoms. The summed E-state index contributed by atoms with van der Waals surface area (Å²) in [5.41, 5.74) is 1.90. The maximum absolute atomic E-state index is 11.8. The molecule has 1 aromatic rings. The van der Waals surface area contributed by atoms with Gasteiger partial charge in [0.25, 0.3) is 5.91 Å². The first-order valence-electron chi connectivity index (χ1n) is 7.23. The van der Waals surface area contributed by atoms with Crippen LogP contribution in [0.1, 0.15) is 42.6 Å². The van der Waals surface area contributed by atoms with Gasteiger partial charge in [-0.05, 0) is 31.5 Å². The fourth-order valence-electron chi connectivity index (χ4n) is 1.95. The molecule has 3 heteroatoms. The molecule has 0 aromatic heterocycles. The summed E-state index contributed by atoms with van der Waals surface area (Å²) in [4.78, 5) is 11.8. The van der Waals surface area contributed by atoms with Gasteiger partial charge in [-0.25, -0.2) is 0 Å². The molecule has 0 spiro atoms. The van der Waals surface area contributed by atoms with Crippen LogP contribution in [-0.2, 0) is 0 Å². The summed E-state index contributed by atoms with van der Waals surface area (Å²) in [6.45, 7) is 8.99. The Bertz CT molecular complexity index is 369. The third kappa shape index (κ3) is 5.88. The van der Waals surface area contributed by atoms with Gasteiger partial charge >= 0.3 is 0 Å². The number of rotatable bonds is 8. The fourth-order valence-corrected chi connectivity index (χ4v) is 1.95. The molecule has 0 aliphatic rings. The third-order valence-electron chi connectivity index (χ3n) is 3.49. The Morgan fingerprint density at radius 3 is 2.32 bits per heavy atom. The van der Waals surface area contributed by atoms with E-state index in [4.69, 9.17) is 0 Å². The topological polar surface area (TPSA) is 41.1 Å². The molecular formula is C16H26N2O. The molecule has 0 aliphatic heterocycles. The van der Waals surface area contributed by atoms with Gasteiger partial charge in [-0.15, -0.1) is 0 Å². The molecule has 19 heavy (non-hydrogen) atoms. The Labute approximate surface area is 116 Å². The molecule has 0 saturated heterocycles. The monoisotopic (exact) mass is 262 g/mol. The van der Waals surface area contributed by atoms with E-state index in [9.17, 15) is 4.79 Å². The Morgan fingerprint density at radius 2 is 1.74 bits per heavy atom. The van der Waals surface area contributed by atoms with Crippen molar-refractivity contribution >= 4 is 5.91 Å². The standard InChI is InChI=1S/C16H26N2O/c1-4-14(5-2)12-17-10-11-18-16(19)15-8-6-13(3)7-9-15/h6-9,14,17H,4-5,10-12H2,1-3H3,(H,18,19). The number of aryl methyl sites for hydroxylation is 1. The smallest absolute Gasteiger partial charge is 0.251 e. The van der Waals surface area contributed by atoms with Crippen LogP contribution < -0.4 is 10.6 Å². The van der Waals surface area contributed by atoms with Gasteiger partial charge in [0.05, 0.1) is 0 Å². The van der Waals surface area contributed by atoms with E-state index in [0.717, 1.165) is 24.6 Å². The average molecular weight is 262 g/mol. The number of amides is 1. The number of benzene rings is 1. The summed E-state index contributed by atoms with van der Waals surface area (Å²) < 4.78 is 0. The van der Waals surface area contributed by atoms with Crippen LogP contribution in [0.5, 0.6) is 0 Å². The number of hydrogen-bond donors (Lipinski definition) is 2. The van der Waals surface area contributed by atoms with Crippen molar-refractivity contribution in [2.45, 2.75) is 33.6 Å². The van der Waals surface area contributed by atoms with Crippen LogP contribution in [0, 0.1) is 12.8 Å². The van der Waals surface area contributed by atoms with Crippen molar-refractivity contribution in [1.29, 1.82) is 0 Å². The van der Waals surface area contributed by atoms with Crippen LogP contribution in [0.2, 0.25) is 0 Å². The zero-order valence-corrected chi connectivity index (χ0v) is 12.3. The van der Waals surface area contributed by atoms with E-state index in [1.54, 1.807) is 0 Å². The second-order valence-electron chi connectivity index (χ2n) is 5.01. The number of hydrogen-bond acceptors (Lipinski definition) is 2.